The Labute approximate surface area is 231 Å². The van der Waals surface area contributed by atoms with Crippen molar-refractivity contribution in [1.29, 1.82) is 0 Å². The number of H-pyrrole nitrogens is 1. The summed E-state index contributed by atoms with van der Waals surface area (Å²) in [4.78, 5) is 38.8. The molecule has 1 aliphatic heterocycles. The summed E-state index contributed by atoms with van der Waals surface area (Å²) in [6.45, 7) is 0.338. The maximum Gasteiger partial charge on any atom is 0.419 e. The molecule has 12 nitrogen and oxygen atoms in total. The number of nitrogens with one attached hydrogen (secondary N) is 3. The number of alkyl halides is 3. The second kappa shape index (κ2) is 10.8. The van der Waals surface area contributed by atoms with Gasteiger partial charge in [-0.3, -0.25) is 14.9 Å². The van der Waals surface area contributed by atoms with Crippen LogP contribution >= 0.6 is 0 Å². The lowest BCUT2D eigenvalue weighted by molar-refractivity contribution is -0.138. The van der Waals surface area contributed by atoms with Crippen LogP contribution in [0.3, 0.4) is 0 Å². The molecule has 1 saturated heterocycles. The molecule has 2 amide bonds. The first-order chi connectivity index (χ1) is 19.4. The molecule has 5 N–H and O–H groups in total. The van der Waals surface area contributed by atoms with Crippen molar-refractivity contribution in [2.24, 2.45) is 5.73 Å². The predicted molar refractivity (Wildman–Crippen MR) is 141 cm³/mol. The van der Waals surface area contributed by atoms with Crippen molar-refractivity contribution in [1.82, 2.24) is 24.2 Å². The highest BCUT2D eigenvalue weighted by Gasteiger charge is 2.32. The van der Waals surface area contributed by atoms with Gasteiger partial charge in [-0.25, -0.2) is 23.4 Å². The van der Waals surface area contributed by atoms with E-state index in [1.54, 1.807) is 12.1 Å². The van der Waals surface area contributed by atoms with Gasteiger partial charge in [0.15, 0.2) is 0 Å². The first kappa shape index (κ1) is 28.0. The van der Waals surface area contributed by atoms with Crippen molar-refractivity contribution in [2.75, 3.05) is 23.7 Å². The number of fused-ring (bicyclic) bond motifs is 1. The van der Waals surface area contributed by atoms with Gasteiger partial charge in [0, 0.05) is 37.1 Å². The average Bonchev–Trinajstić information content (AvgIpc) is 3.35. The quantitative estimate of drug-likeness (QED) is 0.255. The fourth-order valence-corrected chi connectivity index (χ4v) is 5.84. The Morgan fingerprint density at radius 2 is 1.68 bits per heavy atom. The van der Waals surface area contributed by atoms with Crippen molar-refractivity contribution in [3.05, 3.63) is 71.5 Å². The Balaban J connectivity index is 1.19. The third-order valence-electron chi connectivity index (χ3n) is 6.53. The number of rotatable bonds is 7. The van der Waals surface area contributed by atoms with Gasteiger partial charge >= 0.3 is 6.18 Å². The van der Waals surface area contributed by atoms with E-state index < -0.39 is 33.6 Å². The van der Waals surface area contributed by atoms with Gasteiger partial charge in [-0.05, 0) is 49.2 Å². The van der Waals surface area contributed by atoms with Gasteiger partial charge < -0.3 is 16.0 Å². The first-order valence-corrected chi connectivity index (χ1v) is 13.7. The summed E-state index contributed by atoms with van der Waals surface area (Å²) in [6, 6.07) is 9.99. The molecule has 5 rings (SSSR count). The third kappa shape index (κ3) is 5.97. The Morgan fingerprint density at radius 1 is 1.02 bits per heavy atom. The molecule has 0 unspecified atom stereocenters. The van der Waals surface area contributed by atoms with Crippen LogP contribution in [0.15, 0.2) is 59.8 Å². The molecule has 2 aromatic heterocycles. The predicted octanol–water partition coefficient (Wildman–Crippen LogP) is 2.99. The normalized spacial score (nSPS) is 15.1. The van der Waals surface area contributed by atoms with Crippen LogP contribution < -0.4 is 16.4 Å². The summed E-state index contributed by atoms with van der Waals surface area (Å²) >= 11 is 0. The molecular formula is C25H23F3N8O4S. The van der Waals surface area contributed by atoms with Gasteiger partial charge in [0.05, 0.1) is 21.5 Å². The number of piperidine rings is 1. The summed E-state index contributed by atoms with van der Waals surface area (Å²) in [5, 5.41) is 5.52. The Morgan fingerprint density at radius 3 is 2.29 bits per heavy atom. The van der Waals surface area contributed by atoms with Gasteiger partial charge in [0.2, 0.25) is 21.9 Å². The number of benzene rings is 2. The molecule has 1 aliphatic rings. The van der Waals surface area contributed by atoms with Crippen LogP contribution in [0, 0.1) is 0 Å². The molecule has 0 bridgehead atoms. The number of carbonyl (C=O) groups excluding carboxylic acids is 2. The first-order valence-electron chi connectivity index (χ1n) is 12.3. The van der Waals surface area contributed by atoms with Gasteiger partial charge in [0.25, 0.3) is 11.8 Å². The van der Waals surface area contributed by atoms with Crippen molar-refractivity contribution in [2.45, 2.75) is 30.0 Å². The van der Waals surface area contributed by atoms with E-state index in [1.807, 2.05) is 0 Å². The fourth-order valence-electron chi connectivity index (χ4n) is 4.37. The van der Waals surface area contributed by atoms with Crippen molar-refractivity contribution in [3.8, 4) is 0 Å². The second-order valence-corrected chi connectivity index (χ2v) is 11.2. The summed E-state index contributed by atoms with van der Waals surface area (Å²) in [6.07, 6.45) is -2.38. The summed E-state index contributed by atoms with van der Waals surface area (Å²) in [5.41, 5.74) is 5.60. The Hall–Kier alpha value is -4.57. The molecule has 2 aromatic carbocycles. The van der Waals surface area contributed by atoms with Crippen LogP contribution in [0.1, 0.15) is 39.1 Å². The number of imidazole rings is 1. The van der Waals surface area contributed by atoms with E-state index in [9.17, 15) is 31.2 Å². The topological polar surface area (TPSA) is 176 Å². The number of hydrogen-bond acceptors (Lipinski definition) is 8. The number of amides is 2. The number of nitrogens with zero attached hydrogens (tertiary/aromatic N) is 4. The lowest BCUT2D eigenvalue weighted by Crippen LogP contribution is -2.42. The molecule has 3 heterocycles. The minimum absolute atomic E-state index is 0.00127. The molecule has 0 aliphatic carbocycles. The molecule has 1 fully saturated rings. The molecule has 16 heteroatoms. The van der Waals surface area contributed by atoms with Gasteiger partial charge in [0.1, 0.15) is 5.52 Å². The molecule has 0 atom stereocenters. The van der Waals surface area contributed by atoms with E-state index in [0.717, 1.165) is 0 Å². The van der Waals surface area contributed by atoms with Crippen LogP contribution in [-0.2, 0) is 16.2 Å². The van der Waals surface area contributed by atoms with E-state index in [4.69, 9.17) is 5.73 Å². The van der Waals surface area contributed by atoms with Gasteiger partial charge in [-0.15, -0.1) is 0 Å². The van der Waals surface area contributed by atoms with Crippen molar-refractivity contribution < 1.29 is 31.2 Å². The van der Waals surface area contributed by atoms with E-state index in [-0.39, 0.29) is 47.1 Å². The van der Waals surface area contributed by atoms with Crippen LogP contribution in [0.2, 0.25) is 0 Å². The zero-order valence-electron chi connectivity index (χ0n) is 21.1. The number of sulfonamides is 1. The monoisotopic (exact) mass is 588 g/mol. The van der Waals surface area contributed by atoms with E-state index in [1.165, 1.54) is 34.6 Å². The molecule has 0 spiro atoms. The highest BCUT2D eigenvalue weighted by atomic mass is 32.2. The van der Waals surface area contributed by atoms with E-state index in [0.29, 0.717) is 36.3 Å². The van der Waals surface area contributed by atoms with Gasteiger partial charge in [-0.1, -0.05) is 6.07 Å². The Bertz CT molecular complexity index is 1700. The SMILES string of the molecule is NC(=O)c1cccc2[nH]c(NC(=O)c3ccc(S(=O)(=O)N4CCC(Nc5ncc(C(F)(F)F)cn5)CC4)cc3)nc12. The summed E-state index contributed by atoms with van der Waals surface area (Å²) in [5.74, 6) is -1.09. The maximum absolute atomic E-state index is 13.2. The molecule has 4 aromatic rings. The number of halogens is 3. The van der Waals surface area contributed by atoms with Gasteiger partial charge in [-0.2, -0.15) is 17.5 Å². The average molecular weight is 589 g/mol. The standard InChI is InChI=1S/C25H23F3N8O4S/c26-25(27,28)15-12-30-23(31-13-15)32-16-8-10-36(11-9-16)41(39,40)17-6-4-14(5-7-17)22(38)35-24-33-19-3-1-2-18(21(29)37)20(19)34-24/h1-7,12-13,16H,8-11H2,(H2,29,37)(H,30,31,32)(H2,33,34,35,38). The highest BCUT2D eigenvalue weighted by Crippen LogP contribution is 2.28. The highest BCUT2D eigenvalue weighted by molar-refractivity contribution is 7.89. The summed E-state index contributed by atoms with van der Waals surface area (Å²) < 4.78 is 65.7. The summed E-state index contributed by atoms with van der Waals surface area (Å²) in [7, 11) is -3.86. The number of primary amides is 1. The molecular weight excluding hydrogens is 565 g/mol. The van der Waals surface area contributed by atoms with Crippen LogP contribution in [0.5, 0.6) is 0 Å². The maximum atomic E-state index is 13.2. The number of para-hydroxylation sites is 1. The minimum atomic E-state index is -4.54. The number of carbonyl (C=O) groups is 2. The molecule has 0 radical (unpaired) electrons. The zero-order valence-corrected chi connectivity index (χ0v) is 22.0. The van der Waals surface area contributed by atoms with Crippen LogP contribution in [-0.4, -0.2) is 63.6 Å². The number of nitrogens with two attached hydrogens (primary N) is 1. The minimum Gasteiger partial charge on any atom is -0.366 e. The second-order valence-electron chi connectivity index (χ2n) is 9.25. The third-order valence-corrected chi connectivity index (χ3v) is 8.44. The largest absolute Gasteiger partial charge is 0.419 e. The number of hydrogen-bond donors (Lipinski definition) is 4. The van der Waals surface area contributed by atoms with E-state index in [2.05, 4.69) is 30.6 Å². The Kier molecular flexibility index (Phi) is 7.35. The van der Waals surface area contributed by atoms with Crippen molar-refractivity contribution in [3.63, 3.8) is 0 Å². The molecule has 214 valence electrons. The van der Waals surface area contributed by atoms with E-state index >= 15 is 0 Å². The number of aromatic nitrogens is 4. The smallest absolute Gasteiger partial charge is 0.366 e. The fraction of sp³-hybridized carbons (Fsp3) is 0.240. The molecule has 0 saturated carbocycles. The molecule has 41 heavy (non-hydrogen) atoms. The lowest BCUT2D eigenvalue weighted by Gasteiger charge is -2.31. The number of aromatic amines is 1. The lowest BCUT2D eigenvalue weighted by atomic mass is 10.1. The van der Waals surface area contributed by atoms with Crippen LogP contribution in [0.4, 0.5) is 25.1 Å². The van der Waals surface area contributed by atoms with Crippen molar-refractivity contribution >= 4 is 44.8 Å². The zero-order chi connectivity index (χ0) is 29.4. The number of anilines is 2. The van der Waals surface area contributed by atoms with Crippen LogP contribution in [0.25, 0.3) is 11.0 Å².